The van der Waals surface area contributed by atoms with Crippen molar-refractivity contribution in [2.24, 2.45) is 7.05 Å². The number of carbonyl (C=O) groups is 1. The summed E-state index contributed by atoms with van der Waals surface area (Å²) in [5.74, 6) is -0.693. The van der Waals surface area contributed by atoms with Crippen molar-refractivity contribution in [2.45, 2.75) is 6.54 Å². The normalized spacial score (nSPS) is 10.9. The van der Waals surface area contributed by atoms with Crippen LogP contribution in [0, 0.1) is 5.82 Å². The van der Waals surface area contributed by atoms with Crippen molar-refractivity contribution in [3.05, 3.63) is 42.0 Å². The molecule has 2 aromatic rings. The molecular weight excluding hydrogens is 273 g/mol. The number of nitrogens with one attached hydrogen (secondary N) is 1. The zero-order valence-corrected chi connectivity index (χ0v) is 12.0. The van der Waals surface area contributed by atoms with E-state index in [4.69, 9.17) is 5.73 Å². The van der Waals surface area contributed by atoms with Gasteiger partial charge in [0, 0.05) is 25.4 Å². The van der Waals surface area contributed by atoms with Crippen LogP contribution < -0.4 is 11.1 Å². The van der Waals surface area contributed by atoms with Crippen molar-refractivity contribution >= 4 is 17.3 Å². The number of hydrogen-bond donors (Lipinski definition) is 2. The summed E-state index contributed by atoms with van der Waals surface area (Å²) in [5.41, 5.74) is 7.32. The first-order valence-electron chi connectivity index (χ1n) is 6.45. The molecule has 0 unspecified atom stereocenters. The molecule has 1 aromatic heterocycles. The molecule has 1 aromatic carbocycles. The van der Waals surface area contributed by atoms with Crippen molar-refractivity contribution in [1.29, 1.82) is 0 Å². The number of nitrogens with zero attached hydrogens (tertiary/aromatic N) is 3. The SMILES string of the molecule is CN(CC(=O)Nc1cc(F)ccc1N)Cc1cnn(C)c1. The Morgan fingerprint density at radius 1 is 1.52 bits per heavy atom. The summed E-state index contributed by atoms with van der Waals surface area (Å²) in [4.78, 5) is 13.8. The largest absolute Gasteiger partial charge is 0.397 e. The lowest BCUT2D eigenvalue weighted by molar-refractivity contribution is -0.117. The van der Waals surface area contributed by atoms with Gasteiger partial charge in [-0.1, -0.05) is 0 Å². The summed E-state index contributed by atoms with van der Waals surface area (Å²) >= 11 is 0. The predicted octanol–water partition coefficient (Wildman–Crippen LogP) is 1.21. The van der Waals surface area contributed by atoms with Gasteiger partial charge in [-0.2, -0.15) is 5.10 Å². The molecule has 0 aliphatic carbocycles. The molecule has 0 radical (unpaired) electrons. The van der Waals surface area contributed by atoms with Gasteiger partial charge in [-0.25, -0.2) is 4.39 Å². The van der Waals surface area contributed by atoms with Crippen molar-refractivity contribution in [2.75, 3.05) is 24.6 Å². The third-order valence-corrected chi connectivity index (χ3v) is 2.91. The van der Waals surface area contributed by atoms with E-state index in [1.165, 1.54) is 18.2 Å². The highest BCUT2D eigenvalue weighted by Crippen LogP contribution is 2.19. The molecule has 6 nitrogen and oxygen atoms in total. The van der Waals surface area contributed by atoms with Gasteiger partial charge in [0.1, 0.15) is 5.82 Å². The van der Waals surface area contributed by atoms with Crippen LogP contribution in [0.1, 0.15) is 5.56 Å². The van der Waals surface area contributed by atoms with Crippen LogP contribution >= 0.6 is 0 Å². The van der Waals surface area contributed by atoms with Crippen molar-refractivity contribution < 1.29 is 9.18 Å². The molecule has 0 aliphatic heterocycles. The summed E-state index contributed by atoms with van der Waals surface area (Å²) in [6, 6.07) is 3.87. The smallest absolute Gasteiger partial charge is 0.238 e. The molecule has 0 atom stereocenters. The summed E-state index contributed by atoms with van der Waals surface area (Å²) in [7, 11) is 3.66. The van der Waals surface area contributed by atoms with Crippen LogP contribution in [0.4, 0.5) is 15.8 Å². The molecule has 112 valence electrons. The molecule has 1 amide bonds. The van der Waals surface area contributed by atoms with Crippen molar-refractivity contribution in [3.8, 4) is 0 Å². The number of amides is 1. The first kappa shape index (κ1) is 15.0. The minimum absolute atomic E-state index is 0.171. The number of halogens is 1. The zero-order chi connectivity index (χ0) is 15.4. The van der Waals surface area contributed by atoms with E-state index in [-0.39, 0.29) is 18.1 Å². The van der Waals surface area contributed by atoms with Gasteiger partial charge in [0.25, 0.3) is 0 Å². The van der Waals surface area contributed by atoms with Crippen LogP contribution in [-0.4, -0.2) is 34.2 Å². The Morgan fingerprint density at radius 2 is 2.29 bits per heavy atom. The minimum atomic E-state index is -0.441. The number of hydrogen-bond acceptors (Lipinski definition) is 4. The monoisotopic (exact) mass is 291 g/mol. The summed E-state index contributed by atoms with van der Waals surface area (Å²) in [6.45, 7) is 0.769. The lowest BCUT2D eigenvalue weighted by atomic mass is 10.2. The Kier molecular flexibility index (Phi) is 4.54. The quantitative estimate of drug-likeness (QED) is 0.812. The summed E-state index contributed by atoms with van der Waals surface area (Å²) in [5, 5.41) is 6.68. The van der Waals surface area contributed by atoms with Gasteiger partial charge in [-0.15, -0.1) is 0 Å². The van der Waals surface area contributed by atoms with Crippen LogP contribution in [-0.2, 0) is 18.4 Å². The lowest BCUT2D eigenvalue weighted by Crippen LogP contribution is -2.30. The average Bonchev–Trinajstić information content (AvgIpc) is 2.79. The molecule has 2 rings (SSSR count). The molecule has 0 saturated carbocycles. The fourth-order valence-electron chi connectivity index (χ4n) is 1.99. The number of nitrogens with two attached hydrogens (primary N) is 1. The number of likely N-dealkylation sites (N-methyl/N-ethyl adjacent to an activating group) is 1. The molecule has 0 bridgehead atoms. The van der Waals surface area contributed by atoms with Gasteiger partial charge in [-0.05, 0) is 25.2 Å². The first-order chi connectivity index (χ1) is 9.94. The van der Waals surface area contributed by atoms with E-state index in [0.29, 0.717) is 12.2 Å². The minimum Gasteiger partial charge on any atom is -0.397 e. The second-order valence-corrected chi connectivity index (χ2v) is 4.97. The molecule has 0 aliphatic rings. The molecule has 7 heteroatoms. The molecule has 0 saturated heterocycles. The maximum absolute atomic E-state index is 13.1. The fraction of sp³-hybridized carbons (Fsp3) is 0.286. The van der Waals surface area contributed by atoms with E-state index in [0.717, 1.165) is 5.56 Å². The predicted molar refractivity (Wildman–Crippen MR) is 79.0 cm³/mol. The van der Waals surface area contributed by atoms with E-state index in [1.807, 2.05) is 25.2 Å². The Hall–Kier alpha value is -2.41. The fourth-order valence-corrected chi connectivity index (χ4v) is 1.99. The highest BCUT2D eigenvalue weighted by Gasteiger charge is 2.10. The van der Waals surface area contributed by atoms with E-state index in [1.54, 1.807) is 10.9 Å². The van der Waals surface area contributed by atoms with E-state index < -0.39 is 5.82 Å². The van der Waals surface area contributed by atoms with Crippen LogP contribution in [0.5, 0.6) is 0 Å². The second kappa shape index (κ2) is 6.36. The van der Waals surface area contributed by atoms with Gasteiger partial charge in [0.15, 0.2) is 0 Å². The Balaban J connectivity index is 1.90. The second-order valence-electron chi connectivity index (χ2n) is 4.97. The maximum atomic E-state index is 13.1. The number of rotatable bonds is 5. The van der Waals surface area contributed by atoms with Crippen molar-refractivity contribution in [3.63, 3.8) is 0 Å². The van der Waals surface area contributed by atoms with Crippen LogP contribution in [0.3, 0.4) is 0 Å². The molecular formula is C14H18FN5O. The topological polar surface area (TPSA) is 76.2 Å². The van der Waals surface area contributed by atoms with E-state index >= 15 is 0 Å². The van der Waals surface area contributed by atoms with Gasteiger partial charge in [0.05, 0.1) is 24.1 Å². The third kappa shape index (κ3) is 4.28. The van der Waals surface area contributed by atoms with E-state index in [9.17, 15) is 9.18 Å². The van der Waals surface area contributed by atoms with Crippen LogP contribution in [0.25, 0.3) is 0 Å². The lowest BCUT2D eigenvalue weighted by Gasteiger charge is -2.15. The van der Waals surface area contributed by atoms with Gasteiger partial charge in [0.2, 0.25) is 5.91 Å². The van der Waals surface area contributed by atoms with Crippen molar-refractivity contribution in [1.82, 2.24) is 14.7 Å². The van der Waals surface area contributed by atoms with Gasteiger partial charge >= 0.3 is 0 Å². The number of aromatic nitrogens is 2. The van der Waals surface area contributed by atoms with Gasteiger partial charge < -0.3 is 11.1 Å². The molecule has 1 heterocycles. The average molecular weight is 291 g/mol. The highest BCUT2D eigenvalue weighted by molar-refractivity contribution is 5.95. The van der Waals surface area contributed by atoms with E-state index in [2.05, 4.69) is 10.4 Å². The number of carbonyl (C=O) groups excluding carboxylic acids is 1. The Morgan fingerprint density at radius 3 is 2.95 bits per heavy atom. The summed E-state index contributed by atoms with van der Waals surface area (Å²) < 4.78 is 14.8. The first-order valence-corrected chi connectivity index (χ1v) is 6.45. The standard InChI is InChI=1S/C14H18FN5O/c1-19(7-10-6-17-20(2)8-10)9-14(21)18-13-5-11(15)3-4-12(13)16/h3-6,8H,7,9,16H2,1-2H3,(H,18,21). The summed E-state index contributed by atoms with van der Waals surface area (Å²) in [6.07, 6.45) is 3.64. The molecule has 0 fully saturated rings. The number of benzene rings is 1. The number of anilines is 2. The molecule has 21 heavy (non-hydrogen) atoms. The maximum Gasteiger partial charge on any atom is 0.238 e. The highest BCUT2D eigenvalue weighted by atomic mass is 19.1. The van der Waals surface area contributed by atoms with Crippen LogP contribution in [0.2, 0.25) is 0 Å². The molecule has 3 N–H and O–H groups in total. The Bertz CT molecular complexity index is 640. The number of aryl methyl sites for hydroxylation is 1. The van der Waals surface area contributed by atoms with Crippen LogP contribution in [0.15, 0.2) is 30.6 Å². The Labute approximate surface area is 122 Å². The zero-order valence-electron chi connectivity index (χ0n) is 12.0. The third-order valence-electron chi connectivity index (χ3n) is 2.91. The number of nitrogen functional groups attached to an aromatic ring is 1. The molecule has 0 spiro atoms. The van der Waals surface area contributed by atoms with Gasteiger partial charge in [-0.3, -0.25) is 14.4 Å².